The predicted molar refractivity (Wildman–Crippen MR) is 99.1 cm³/mol. The topological polar surface area (TPSA) is 61.8 Å². The molecular formula is C21H22O5. The van der Waals surface area contributed by atoms with Gasteiger partial charge in [0, 0.05) is 11.1 Å². The van der Waals surface area contributed by atoms with Gasteiger partial charge in [0.2, 0.25) is 5.78 Å². The van der Waals surface area contributed by atoms with Gasteiger partial charge < -0.3 is 14.2 Å². The van der Waals surface area contributed by atoms with Crippen molar-refractivity contribution in [1.29, 1.82) is 0 Å². The van der Waals surface area contributed by atoms with Crippen LogP contribution in [0.5, 0.6) is 11.5 Å². The summed E-state index contributed by atoms with van der Waals surface area (Å²) in [7, 11) is 3.02. The molecule has 0 aliphatic carbocycles. The molecule has 0 bridgehead atoms. The lowest BCUT2D eigenvalue weighted by Crippen LogP contribution is -2.24. The summed E-state index contributed by atoms with van der Waals surface area (Å²) in [6.07, 6.45) is 1.30. The molecule has 0 saturated carbocycles. The van der Waals surface area contributed by atoms with Crippen LogP contribution in [-0.4, -0.2) is 32.1 Å². The van der Waals surface area contributed by atoms with Gasteiger partial charge in [-0.15, -0.1) is 6.58 Å². The third kappa shape index (κ3) is 4.30. The number of rotatable bonds is 8. The van der Waals surface area contributed by atoms with Crippen molar-refractivity contribution in [2.75, 3.05) is 14.2 Å². The van der Waals surface area contributed by atoms with Crippen LogP contribution in [0.4, 0.5) is 0 Å². The summed E-state index contributed by atoms with van der Waals surface area (Å²) >= 11 is 0. The summed E-state index contributed by atoms with van der Waals surface area (Å²) in [6, 6.07) is 11.9. The first-order chi connectivity index (χ1) is 12.5. The van der Waals surface area contributed by atoms with E-state index in [1.807, 2.05) is 6.07 Å². The summed E-state index contributed by atoms with van der Waals surface area (Å²) in [6.45, 7) is 5.26. The van der Waals surface area contributed by atoms with Crippen LogP contribution >= 0.6 is 0 Å². The Labute approximate surface area is 153 Å². The maximum Gasteiger partial charge on any atom is 0.338 e. The number of ketones is 1. The van der Waals surface area contributed by atoms with E-state index in [-0.39, 0.29) is 11.3 Å². The molecule has 2 aromatic carbocycles. The average Bonchev–Trinajstić information content (AvgIpc) is 2.67. The minimum absolute atomic E-state index is 0.259. The minimum Gasteiger partial charge on any atom is -0.493 e. The van der Waals surface area contributed by atoms with Gasteiger partial charge in [0.25, 0.3) is 0 Å². The van der Waals surface area contributed by atoms with E-state index in [9.17, 15) is 9.59 Å². The number of benzene rings is 2. The van der Waals surface area contributed by atoms with E-state index in [4.69, 9.17) is 14.2 Å². The lowest BCUT2D eigenvalue weighted by Gasteiger charge is -2.16. The second-order valence-corrected chi connectivity index (χ2v) is 5.64. The van der Waals surface area contributed by atoms with Gasteiger partial charge in [-0.3, -0.25) is 4.79 Å². The van der Waals surface area contributed by atoms with Crippen molar-refractivity contribution < 1.29 is 23.8 Å². The SMILES string of the molecule is C=CCc1cc(C(=O)OC(C)C(=O)c2ccccc2)cc(OC)c1OC. The molecule has 136 valence electrons. The molecule has 0 saturated heterocycles. The Kier molecular flexibility index (Phi) is 6.55. The maximum atomic E-state index is 12.5. The lowest BCUT2D eigenvalue weighted by atomic mass is 10.0. The zero-order valence-electron chi connectivity index (χ0n) is 15.2. The number of carbonyl (C=O) groups is 2. The van der Waals surface area contributed by atoms with E-state index in [0.29, 0.717) is 23.5 Å². The fourth-order valence-corrected chi connectivity index (χ4v) is 2.59. The Morgan fingerprint density at radius 3 is 2.35 bits per heavy atom. The van der Waals surface area contributed by atoms with Crippen molar-refractivity contribution in [2.24, 2.45) is 0 Å². The number of allylic oxidation sites excluding steroid dienone is 1. The fourth-order valence-electron chi connectivity index (χ4n) is 2.59. The van der Waals surface area contributed by atoms with Crippen LogP contribution < -0.4 is 9.47 Å². The first-order valence-electron chi connectivity index (χ1n) is 8.17. The Morgan fingerprint density at radius 2 is 1.77 bits per heavy atom. The van der Waals surface area contributed by atoms with Crippen molar-refractivity contribution >= 4 is 11.8 Å². The Balaban J connectivity index is 2.24. The Hall–Kier alpha value is -3.08. The molecule has 2 aromatic rings. The normalized spacial score (nSPS) is 11.3. The minimum atomic E-state index is -0.902. The highest BCUT2D eigenvalue weighted by molar-refractivity contribution is 6.01. The Morgan fingerprint density at radius 1 is 1.08 bits per heavy atom. The van der Waals surface area contributed by atoms with E-state index in [0.717, 1.165) is 5.56 Å². The zero-order valence-corrected chi connectivity index (χ0v) is 15.2. The van der Waals surface area contributed by atoms with Crippen LogP contribution in [0.2, 0.25) is 0 Å². The van der Waals surface area contributed by atoms with Gasteiger partial charge in [-0.25, -0.2) is 4.79 Å². The summed E-state index contributed by atoms with van der Waals surface area (Å²) in [5, 5.41) is 0. The van der Waals surface area contributed by atoms with Crippen molar-refractivity contribution in [3.63, 3.8) is 0 Å². The molecule has 1 atom stereocenters. The molecule has 0 heterocycles. The second kappa shape index (κ2) is 8.85. The highest BCUT2D eigenvalue weighted by atomic mass is 16.5. The molecule has 0 fully saturated rings. The number of methoxy groups -OCH3 is 2. The van der Waals surface area contributed by atoms with Gasteiger partial charge in [0.05, 0.1) is 19.8 Å². The summed E-state index contributed by atoms with van der Waals surface area (Å²) in [4.78, 5) is 24.9. The van der Waals surface area contributed by atoms with Crippen LogP contribution in [0.15, 0.2) is 55.1 Å². The van der Waals surface area contributed by atoms with Crippen molar-refractivity contribution in [1.82, 2.24) is 0 Å². The second-order valence-electron chi connectivity index (χ2n) is 5.64. The average molecular weight is 354 g/mol. The predicted octanol–water partition coefficient (Wildman–Crippen LogP) is 3.86. The number of esters is 1. The van der Waals surface area contributed by atoms with Gasteiger partial charge in [-0.05, 0) is 25.5 Å². The van der Waals surface area contributed by atoms with Crippen molar-refractivity contribution in [2.45, 2.75) is 19.4 Å². The molecule has 26 heavy (non-hydrogen) atoms. The number of carbonyl (C=O) groups excluding carboxylic acids is 2. The molecule has 0 amide bonds. The van der Waals surface area contributed by atoms with Crippen molar-refractivity contribution in [3.8, 4) is 11.5 Å². The van der Waals surface area contributed by atoms with E-state index in [1.165, 1.54) is 20.3 Å². The number of hydrogen-bond acceptors (Lipinski definition) is 5. The van der Waals surface area contributed by atoms with E-state index in [1.54, 1.807) is 43.3 Å². The Bertz CT molecular complexity index is 796. The number of Topliss-reactive ketones (excluding diaryl/α,β-unsaturated/α-hetero) is 1. The third-order valence-electron chi connectivity index (χ3n) is 3.87. The van der Waals surface area contributed by atoms with Gasteiger partial charge in [-0.1, -0.05) is 36.4 Å². The van der Waals surface area contributed by atoms with Crippen LogP contribution in [0, 0.1) is 0 Å². The van der Waals surface area contributed by atoms with Crippen LogP contribution in [0.25, 0.3) is 0 Å². The van der Waals surface area contributed by atoms with Gasteiger partial charge in [-0.2, -0.15) is 0 Å². The smallest absolute Gasteiger partial charge is 0.338 e. The zero-order chi connectivity index (χ0) is 19.1. The van der Waals surface area contributed by atoms with Gasteiger partial charge >= 0.3 is 5.97 Å². The fraction of sp³-hybridized carbons (Fsp3) is 0.238. The molecule has 0 spiro atoms. The van der Waals surface area contributed by atoms with E-state index < -0.39 is 12.1 Å². The van der Waals surface area contributed by atoms with Crippen molar-refractivity contribution in [3.05, 3.63) is 71.8 Å². The summed E-state index contributed by atoms with van der Waals surface area (Å²) in [5.74, 6) is 0.0944. The van der Waals surface area contributed by atoms with Crippen LogP contribution in [0.1, 0.15) is 33.2 Å². The largest absolute Gasteiger partial charge is 0.493 e. The lowest BCUT2D eigenvalue weighted by molar-refractivity contribution is 0.0318. The quantitative estimate of drug-likeness (QED) is 0.409. The maximum absolute atomic E-state index is 12.5. The molecule has 1 unspecified atom stereocenters. The molecule has 0 aromatic heterocycles. The van der Waals surface area contributed by atoms with Crippen LogP contribution in [-0.2, 0) is 11.2 Å². The monoisotopic (exact) mass is 354 g/mol. The van der Waals surface area contributed by atoms with E-state index >= 15 is 0 Å². The van der Waals surface area contributed by atoms with Gasteiger partial charge in [0.1, 0.15) is 0 Å². The summed E-state index contributed by atoms with van der Waals surface area (Å²) < 4.78 is 16.0. The number of hydrogen-bond donors (Lipinski definition) is 0. The highest BCUT2D eigenvalue weighted by Crippen LogP contribution is 2.33. The molecule has 2 rings (SSSR count). The third-order valence-corrected chi connectivity index (χ3v) is 3.87. The van der Waals surface area contributed by atoms with E-state index in [2.05, 4.69) is 6.58 Å². The molecule has 0 aliphatic heterocycles. The molecule has 0 aliphatic rings. The first kappa shape index (κ1) is 19.2. The standard InChI is InChI=1S/C21H22O5/c1-5-9-16-12-17(13-18(24-3)20(16)25-4)21(23)26-14(2)19(22)15-10-7-6-8-11-15/h5-8,10-14H,1,9H2,2-4H3. The molecule has 5 heteroatoms. The highest BCUT2D eigenvalue weighted by Gasteiger charge is 2.22. The number of ether oxygens (including phenoxy) is 3. The molecule has 0 radical (unpaired) electrons. The molecular weight excluding hydrogens is 332 g/mol. The van der Waals surface area contributed by atoms with Gasteiger partial charge in [0.15, 0.2) is 17.6 Å². The molecule has 5 nitrogen and oxygen atoms in total. The summed E-state index contributed by atoms with van der Waals surface area (Å²) in [5.41, 5.74) is 1.52. The molecule has 0 N–H and O–H groups in total. The first-order valence-corrected chi connectivity index (χ1v) is 8.17. The van der Waals surface area contributed by atoms with Crippen LogP contribution in [0.3, 0.4) is 0 Å².